The summed E-state index contributed by atoms with van der Waals surface area (Å²) in [6.45, 7) is 3.18. The minimum atomic E-state index is -0.336. The molecule has 0 N–H and O–H groups in total. The largest absolute Gasteiger partial charge is 0.474 e. The van der Waals surface area contributed by atoms with Crippen molar-refractivity contribution in [1.82, 2.24) is 14.9 Å². The number of aromatic nitrogens is 2. The number of carbonyl (C=O) groups excluding carboxylic acids is 1. The second-order valence-corrected chi connectivity index (χ2v) is 6.80. The number of halogens is 1. The third kappa shape index (κ3) is 3.74. The quantitative estimate of drug-likeness (QED) is 0.709. The van der Waals surface area contributed by atoms with E-state index in [9.17, 15) is 9.18 Å². The van der Waals surface area contributed by atoms with Crippen molar-refractivity contribution in [1.29, 1.82) is 0 Å². The minimum absolute atomic E-state index is 0.0477. The van der Waals surface area contributed by atoms with E-state index in [2.05, 4.69) is 9.97 Å². The number of hydrogen-bond acceptors (Lipinski definition) is 4. The number of pyridine rings is 2. The maximum atomic E-state index is 13.4. The van der Waals surface area contributed by atoms with E-state index in [1.807, 2.05) is 19.1 Å². The van der Waals surface area contributed by atoms with Crippen molar-refractivity contribution in [2.45, 2.75) is 25.9 Å². The van der Waals surface area contributed by atoms with Gasteiger partial charge in [-0.1, -0.05) is 6.07 Å². The van der Waals surface area contributed by atoms with Crippen molar-refractivity contribution in [3.63, 3.8) is 0 Å². The van der Waals surface area contributed by atoms with Crippen LogP contribution in [-0.2, 0) is 0 Å². The molecule has 0 radical (unpaired) electrons. The van der Waals surface area contributed by atoms with Crippen LogP contribution in [0.2, 0.25) is 0 Å². The van der Waals surface area contributed by atoms with Gasteiger partial charge in [0, 0.05) is 49.3 Å². The zero-order valence-electron chi connectivity index (χ0n) is 15.1. The first-order valence-corrected chi connectivity index (χ1v) is 9.03. The number of carbonyl (C=O) groups is 1. The molecule has 1 aliphatic heterocycles. The van der Waals surface area contributed by atoms with E-state index in [1.165, 1.54) is 12.1 Å². The van der Waals surface area contributed by atoms with Crippen LogP contribution in [0.4, 0.5) is 4.39 Å². The Morgan fingerprint density at radius 2 is 2.00 bits per heavy atom. The van der Waals surface area contributed by atoms with Crippen LogP contribution < -0.4 is 4.74 Å². The molecule has 3 heterocycles. The van der Waals surface area contributed by atoms with Gasteiger partial charge in [0.15, 0.2) is 0 Å². The topological polar surface area (TPSA) is 55.3 Å². The van der Waals surface area contributed by atoms with E-state index in [0.29, 0.717) is 35.4 Å². The summed E-state index contributed by atoms with van der Waals surface area (Å²) in [4.78, 5) is 23.1. The fourth-order valence-corrected chi connectivity index (χ4v) is 3.33. The molecule has 3 aromatic rings. The van der Waals surface area contributed by atoms with Gasteiger partial charge >= 0.3 is 0 Å². The fourth-order valence-electron chi connectivity index (χ4n) is 3.33. The fraction of sp³-hybridized carbons (Fsp3) is 0.286. The molecular weight excluding hydrogens is 345 g/mol. The molecule has 1 fully saturated rings. The zero-order valence-corrected chi connectivity index (χ0v) is 15.1. The molecule has 1 amide bonds. The number of rotatable bonds is 3. The first kappa shape index (κ1) is 17.4. The van der Waals surface area contributed by atoms with Gasteiger partial charge in [-0.15, -0.1) is 0 Å². The van der Waals surface area contributed by atoms with E-state index in [1.54, 1.807) is 29.4 Å². The van der Waals surface area contributed by atoms with E-state index >= 15 is 0 Å². The highest BCUT2D eigenvalue weighted by molar-refractivity contribution is 5.97. The molecule has 6 heteroatoms. The highest BCUT2D eigenvalue weighted by Gasteiger charge is 2.25. The van der Waals surface area contributed by atoms with Gasteiger partial charge in [-0.3, -0.25) is 9.78 Å². The Kier molecular flexibility index (Phi) is 4.71. The summed E-state index contributed by atoms with van der Waals surface area (Å²) in [6, 6.07) is 9.93. The van der Waals surface area contributed by atoms with E-state index in [-0.39, 0.29) is 17.8 Å². The molecule has 2 aromatic heterocycles. The Bertz CT molecular complexity index is 984. The number of fused-ring (bicyclic) bond motifs is 1. The van der Waals surface area contributed by atoms with Gasteiger partial charge < -0.3 is 9.64 Å². The third-order valence-corrected chi connectivity index (χ3v) is 4.86. The molecule has 138 valence electrons. The van der Waals surface area contributed by atoms with Crippen LogP contribution in [0, 0.1) is 12.7 Å². The van der Waals surface area contributed by atoms with Gasteiger partial charge in [0.25, 0.3) is 5.91 Å². The molecule has 0 aliphatic carbocycles. The van der Waals surface area contributed by atoms with Crippen molar-refractivity contribution in [2.75, 3.05) is 13.1 Å². The SMILES string of the molecule is Cc1cccnc1OC1CCN(C(=O)c2cnc3ccc(F)cc3c2)CC1. The molecule has 27 heavy (non-hydrogen) atoms. The Morgan fingerprint density at radius 1 is 1.19 bits per heavy atom. The Labute approximate surface area is 156 Å². The lowest BCUT2D eigenvalue weighted by Gasteiger charge is -2.32. The second-order valence-electron chi connectivity index (χ2n) is 6.80. The molecule has 0 spiro atoms. The maximum absolute atomic E-state index is 13.4. The third-order valence-electron chi connectivity index (χ3n) is 4.86. The summed E-state index contributed by atoms with van der Waals surface area (Å²) in [5, 5.41) is 0.629. The van der Waals surface area contributed by atoms with Crippen molar-refractivity contribution in [3.8, 4) is 5.88 Å². The first-order chi connectivity index (χ1) is 13.1. The number of benzene rings is 1. The van der Waals surface area contributed by atoms with Crippen LogP contribution >= 0.6 is 0 Å². The predicted molar refractivity (Wildman–Crippen MR) is 100 cm³/mol. The molecule has 1 aromatic carbocycles. The summed E-state index contributed by atoms with van der Waals surface area (Å²) in [5.41, 5.74) is 2.16. The maximum Gasteiger partial charge on any atom is 0.255 e. The van der Waals surface area contributed by atoms with Crippen LogP contribution in [0.15, 0.2) is 48.8 Å². The van der Waals surface area contributed by atoms with Crippen LogP contribution in [0.5, 0.6) is 5.88 Å². The summed E-state index contributed by atoms with van der Waals surface area (Å²) >= 11 is 0. The number of aryl methyl sites for hydroxylation is 1. The van der Waals surface area contributed by atoms with Gasteiger partial charge in [0.1, 0.15) is 11.9 Å². The number of amides is 1. The van der Waals surface area contributed by atoms with Crippen LogP contribution in [-0.4, -0.2) is 40.0 Å². The summed E-state index contributed by atoms with van der Waals surface area (Å²) < 4.78 is 19.4. The molecule has 0 saturated carbocycles. The van der Waals surface area contributed by atoms with Crippen LogP contribution in [0.3, 0.4) is 0 Å². The van der Waals surface area contributed by atoms with E-state index in [0.717, 1.165) is 18.4 Å². The molecular formula is C21H20FN3O2. The normalized spacial score (nSPS) is 15.1. The predicted octanol–water partition coefficient (Wildman–Crippen LogP) is 3.76. The number of ether oxygens (including phenoxy) is 1. The molecule has 1 saturated heterocycles. The molecule has 0 unspecified atom stereocenters. The summed E-state index contributed by atoms with van der Waals surface area (Å²) in [5.74, 6) is 0.237. The molecule has 0 atom stereocenters. The minimum Gasteiger partial charge on any atom is -0.474 e. The van der Waals surface area contributed by atoms with Gasteiger partial charge in [-0.05, 0) is 37.3 Å². The van der Waals surface area contributed by atoms with Crippen molar-refractivity contribution in [3.05, 3.63) is 65.7 Å². The van der Waals surface area contributed by atoms with Crippen LogP contribution in [0.25, 0.3) is 10.9 Å². The smallest absolute Gasteiger partial charge is 0.255 e. The number of piperidine rings is 1. The molecule has 5 nitrogen and oxygen atoms in total. The van der Waals surface area contributed by atoms with E-state index < -0.39 is 0 Å². The zero-order chi connectivity index (χ0) is 18.8. The van der Waals surface area contributed by atoms with Gasteiger partial charge in [0.2, 0.25) is 5.88 Å². The average molecular weight is 365 g/mol. The van der Waals surface area contributed by atoms with Gasteiger partial charge in [0.05, 0.1) is 11.1 Å². The molecule has 4 rings (SSSR count). The summed E-state index contributed by atoms with van der Waals surface area (Å²) in [7, 11) is 0. The highest BCUT2D eigenvalue weighted by Crippen LogP contribution is 2.22. The van der Waals surface area contributed by atoms with Crippen molar-refractivity contribution >= 4 is 16.8 Å². The standard InChI is InChI=1S/C21H20FN3O2/c1-14-3-2-8-23-20(14)27-18-6-9-25(10-7-18)21(26)16-11-15-12-17(22)4-5-19(15)24-13-16/h2-5,8,11-13,18H,6-7,9-10H2,1H3. The van der Waals surface area contributed by atoms with Crippen LogP contribution in [0.1, 0.15) is 28.8 Å². The average Bonchev–Trinajstić information content (AvgIpc) is 2.69. The second kappa shape index (κ2) is 7.31. The molecule has 0 bridgehead atoms. The Hall–Kier alpha value is -3.02. The van der Waals surface area contributed by atoms with E-state index in [4.69, 9.17) is 4.74 Å². The van der Waals surface area contributed by atoms with Crippen molar-refractivity contribution < 1.29 is 13.9 Å². The number of hydrogen-bond donors (Lipinski definition) is 0. The Morgan fingerprint density at radius 3 is 2.78 bits per heavy atom. The van der Waals surface area contributed by atoms with Gasteiger partial charge in [-0.25, -0.2) is 9.37 Å². The Balaban J connectivity index is 1.42. The highest BCUT2D eigenvalue weighted by atomic mass is 19.1. The summed E-state index contributed by atoms with van der Waals surface area (Å²) in [6.07, 6.45) is 4.82. The number of likely N-dealkylation sites (tertiary alicyclic amines) is 1. The first-order valence-electron chi connectivity index (χ1n) is 9.03. The lowest BCUT2D eigenvalue weighted by atomic mass is 10.1. The number of nitrogens with zero attached hydrogens (tertiary/aromatic N) is 3. The van der Waals surface area contributed by atoms with Gasteiger partial charge in [-0.2, -0.15) is 0 Å². The monoisotopic (exact) mass is 365 g/mol. The molecule has 1 aliphatic rings. The lowest BCUT2D eigenvalue weighted by molar-refractivity contribution is 0.0586. The van der Waals surface area contributed by atoms with Crippen molar-refractivity contribution in [2.24, 2.45) is 0 Å². The lowest BCUT2D eigenvalue weighted by Crippen LogP contribution is -2.42.